The van der Waals surface area contributed by atoms with Gasteiger partial charge in [-0.25, -0.2) is 10.3 Å². The van der Waals surface area contributed by atoms with Crippen LogP contribution in [0.3, 0.4) is 0 Å². The summed E-state index contributed by atoms with van der Waals surface area (Å²) in [7, 11) is 0. The minimum atomic E-state index is -0.397. The van der Waals surface area contributed by atoms with Crippen molar-refractivity contribution in [2.24, 2.45) is 0 Å². The molecule has 1 aromatic rings. The molecule has 0 atom stereocenters. The van der Waals surface area contributed by atoms with Crippen LogP contribution in [-0.4, -0.2) is 16.6 Å². The fourth-order valence-corrected chi connectivity index (χ4v) is 0.921. The van der Waals surface area contributed by atoms with Gasteiger partial charge in [0.05, 0.1) is 5.60 Å². The number of pyridine rings is 1. The molecular formula is C11H17N3O2. The first kappa shape index (κ1) is 12.4. The average molecular weight is 223 g/mol. The van der Waals surface area contributed by atoms with E-state index in [1.54, 1.807) is 12.4 Å². The Labute approximate surface area is 95.2 Å². The van der Waals surface area contributed by atoms with Crippen LogP contribution in [0.25, 0.3) is 0 Å². The molecule has 88 valence electrons. The summed E-state index contributed by atoms with van der Waals surface area (Å²) in [6.45, 7) is 5.99. The Balaban J connectivity index is 2.26. The molecule has 0 bridgehead atoms. The van der Waals surface area contributed by atoms with E-state index in [0.717, 1.165) is 5.56 Å². The summed E-state index contributed by atoms with van der Waals surface area (Å²) in [5, 5.41) is 2.66. The van der Waals surface area contributed by atoms with Crippen molar-refractivity contribution in [3.05, 3.63) is 30.1 Å². The first-order chi connectivity index (χ1) is 7.47. The van der Waals surface area contributed by atoms with E-state index in [1.165, 1.54) is 0 Å². The molecule has 1 heterocycles. The number of rotatable bonds is 3. The Morgan fingerprint density at radius 2 is 2.25 bits per heavy atom. The largest absolute Gasteiger partial charge is 0.338 e. The lowest BCUT2D eigenvalue weighted by atomic mass is 10.2. The van der Waals surface area contributed by atoms with Crippen LogP contribution in [0.15, 0.2) is 24.5 Å². The highest BCUT2D eigenvalue weighted by Gasteiger charge is 2.12. The van der Waals surface area contributed by atoms with Crippen LogP contribution in [0.2, 0.25) is 0 Å². The quantitative estimate of drug-likeness (QED) is 0.765. The predicted octanol–water partition coefficient (Wildman–Crippen LogP) is 1.61. The van der Waals surface area contributed by atoms with Gasteiger partial charge in [0, 0.05) is 18.9 Å². The van der Waals surface area contributed by atoms with E-state index in [4.69, 9.17) is 4.84 Å². The molecule has 5 nitrogen and oxygen atoms in total. The fraction of sp³-hybridized carbons (Fsp3) is 0.455. The van der Waals surface area contributed by atoms with Crippen LogP contribution in [0.1, 0.15) is 26.3 Å². The van der Waals surface area contributed by atoms with Gasteiger partial charge in [-0.3, -0.25) is 9.82 Å². The van der Waals surface area contributed by atoms with Crippen molar-refractivity contribution in [1.82, 2.24) is 15.8 Å². The molecule has 1 aromatic heterocycles. The number of carbonyl (C=O) groups is 1. The molecule has 0 aromatic carbocycles. The van der Waals surface area contributed by atoms with Gasteiger partial charge in [-0.05, 0) is 32.4 Å². The average Bonchev–Trinajstić information content (AvgIpc) is 2.24. The highest BCUT2D eigenvalue weighted by molar-refractivity contribution is 5.72. The van der Waals surface area contributed by atoms with Gasteiger partial charge in [0.2, 0.25) is 0 Å². The van der Waals surface area contributed by atoms with E-state index in [0.29, 0.717) is 6.54 Å². The van der Waals surface area contributed by atoms with Crippen molar-refractivity contribution < 1.29 is 9.63 Å². The van der Waals surface area contributed by atoms with Crippen LogP contribution in [0.5, 0.6) is 0 Å². The summed E-state index contributed by atoms with van der Waals surface area (Å²) >= 11 is 0. The number of amides is 2. The maximum absolute atomic E-state index is 11.3. The SMILES string of the molecule is CC(C)(C)ONC(=O)NCc1cccnc1. The topological polar surface area (TPSA) is 63.2 Å². The molecule has 0 aliphatic rings. The third kappa shape index (κ3) is 5.31. The van der Waals surface area contributed by atoms with Gasteiger partial charge >= 0.3 is 6.03 Å². The third-order valence-electron chi connectivity index (χ3n) is 1.63. The summed E-state index contributed by atoms with van der Waals surface area (Å²) in [6, 6.07) is 3.34. The lowest BCUT2D eigenvalue weighted by Gasteiger charge is -2.19. The second-order valence-electron chi connectivity index (χ2n) is 4.36. The maximum atomic E-state index is 11.3. The van der Waals surface area contributed by atoms with Crippen molar-refractivity contribution in [2.75, 3.05) is 0 Å². The number of nitrogens with zero attached hydrogens (tertiary/aromatic N) is 1. The monoisotopic (exact) mass is 223 g/mol. The van der Waals surface area contributed by atoms with Gasteiger partial charge in [0.25, 0.3) is 0 Å². The minimum Gasteiger partial charge on any atom is -0.332 e. The summed E-state index contributed by atoms with van der Waals surface area (Å²) < 4.78 is 0. The van der Waals surface area contributed by atoms with Crippen molar-refractivity contribution in [2.45, 2.75) is 32.9 Å². The molecule has 2 N–H and O–H groups in total. The molecule has 0 fully saturated rings. The number of carbonyl (C=O) groups excluding carboxylic acids is 1. The van der Waals surface area contributed by atoms with Gasteiger partial charge in [-0.15, -0.1) is 0 Å². The lowest BCUT2D eigenvalue weighted by molar-refractivity contribution is -0.0529. The van der Waals surface area contributed by atoms with Crippen molar-refractivity contribution in [3.63, 3.8) is 0 Å². The summed E-state index contributed by atoms with van der Waals surface area (Å²) in [6.07, 6.45) is 3.39. The highest BCUT2D eigenvalue weighted by Crippen LogP contribution is 2.03. The first-order valence-electron chi connectivity index (χ1n) is 5.08. The zero-order valence-corrected chi connectivity index (χ0v) is 9.78. The molecule has 0 aliphatic carbocycles. The molecule has 1 rings (SSSR count). The Morgan fingerprint density at radius 3 is 2.81 bits per heavy atom. The van der Waals surface area contributed by atoms with Gasteiger partial charge in [0.1, 0.15) is 0 Å². The Morgan fingerprint density at radius 1 is 1.50 bits per heavy atom. The lowest BCUT2D eigenvalue weighted by Crippen LogP contribution is -2.39. The molecule has 5 heteroatoms. The van der Waals surface area contributed by atoms with Gasteiger partial charge < -0.3 is 5.32 Å². The van der Waals surface area contributed by atoms with Crippen LogP contribution in [0, 0.1) is 0 Å². The zero-order valence-electron chi connectivity index (χ0n) is 9.78. The Hall–Kier alpha value is -1.62. The number of hydrogen-bond acceptors (Lipinski definition) is 3. The predicted molar refractivity (Wildman–Crippen MR) is 60.4 cm³/mol. The van der Waals surface area contributed by atoms with Crippen molar-refractivity contribution in [3.8, 4) is 0 Å². The van der Waals surface area contributed by atoms with Gasteiger partial charge in [-0.1, -0.05) is 6.07 Å². The van der Waals surface area contributed by atoms with Crippen molar-refractivity contribution >= 4 is 6.03 Å². The van der Waals surface area contributed by atoms with E-state index in [2.05, 4.69) is 15.8 Å². The second-order valence-corrected chi connectivity index (χ2v) is 4.36. The van der Waals surface area contributed by atoms with E-state index in [9.17, 15) is 4.79 Å². The molecule has 16 heavy (non-hydrogen) atoms. The molecule has 0 unspecified atom stereocenters. The van der Waals surface area contributed by atoms with Gasteiger partial charge in [-0.2, -0.15) is 0 Å². The van der Waals surface area contributed by atoms with E-state index in [1.807, 2.05) is 32.9 Å². The molecule has 0 saturated heterocycles. The van der Waals surface area contributed by atoms with Crippen LogP contribution < -0.4 is 10.8 Å². The normalized spacial score (nSPS) is 10.9. The van der Waals surface area contributed by atoms with Gasteiger partial charge in [0.15, 0.2) is 0 Å². The van der Waals surface area contributed by atoms with Crippen LogP contribution in [-0.2, 0) is 11.4 Å². The summed E-state index contributed by atoms with van der Waals surface area (Å²) in [5.74, 6) is 0. The minimum absolute atomic E-state index is 0.362. The molecule has 0 spiro atoms. The maximum Gasteiger partial charge on any atom is 0.338 e. The molecular weight excluding hydrogens is 206 g/mol. The van der Waals surface area contributed by atoms with E-state index in [-0.39, 0.29) is 6.03 Å². The van der Waals surface area contributed by atoms with Crippen molar-refractivity contribution in [1.29, 1.82) is 0 Å². The zero-order chi connectivity index (χ0) is 12.0. The third-order valence-corrected chi connectivity index (χ3v) is 1.63. The first-order valence-corrected chi connectivity index (χ1v) is 5.08. The summed E-state index contributed by atoms with van der Waals surface area (Å²) in [5.41, 5.74) is 2.86. The molecule has 0 radical (unpaired) electrons. The van der Waals surface area contributed by atoms with E-state index < -0.39 is 5.60 Å². The summed E-state index contributed by atoms with van der Waals surface area (Å²) in [4.78, 5) is 20.3. The molecule has 0 saturated carbocycles. The Kier molecular flexibility index (Phi) is 4.25. The van der Waals surface area contributed by atoms with Crippen LogP contribution in [0.4, 0.5) is 4.79 Å². The number of nitrogens with one attached hydrogen (secondary N) is 2. The highest BCUT2D eigenvalue weighted by atomic mass is 16.7. The number of hydrogen-bond donors (Lipinski definition) is 2. The Bertz CT molecular complexity index is 333. The second kappa shape index (κ2) is 5.46. The number of hydroxylamine groups is 1. The smallest absolute Gasteiger partial charge is 0.332 e. The number of urea groups is 1. The van der Waals surface area contributed by atoms with Crippen LogP contribution >= 0.6 is 0 Å². The number of aromatic nitrogens is 1. The molecule has 2 amide bonds. The fourth-order valence-electron chi connectivity index (χ4n) is 0.921. The molecule has 0 aliphatic heterocycles. The standard InChI is InChI=1S/C11H17N3O2/c1-11(2,3)16-14-10(15)13-8-9-5-4-6-12-7-9/h4-7H,8H2,1-3H3,(H2,13,14,15). The van der Waals surface area contributed by atoms with E-state index >= 15 is 0 Å².